The van der Waals surface area contributed by atoms with E-state index >= 15 is 0 Å². The zero-order chi connectivity index (χ0) is 15.7. The molecule has 2 aliphatic carbocycles. The molecule has 2 rings (SSSR count). The summed E-state index contributed by atoms with van der Waals surface area (Å²) in [6, 6.07) is 0.456. The zero-order valence-corrected chi connectivity index (χ0v) is 14.6. The highest BCUT2D eigenvalue weighted by Crippen LogP contribution is 2.54. The molecule has 21 heavy (non-hydrogen) atoms. The van der Waals surface area contributed by atoms with Gasteiger partial charge in [-0.25, -0.2) is 13.1 Å². The van der Waals surface area contributed by atoms with Crippen molar-refractivity contribution in [3.63, 3.8) is 0 Å². The third-order valence-electron chi connectivity index (χ3n) is 4.94. The highest BCUT2D eigenvalue weighted by atomic mass is 32.2. The molecule has 0 bridgehead atoms. The largest absolute Gasteiger partial charge is 0.378 e. The minimum atomic E-state index is -3.18. The summed E-state index contributed by atoms with van der Waals surface area (Å²) in [6.45, 7) is 7.32. The van der Waals surface area contributed by atoms with Gasteiger partial charge in [-0.1, -0.05) is 12.8 Å². The minimum absolute atomic E-state index is 0.289. The van der Waals surface area contributed by atoms with E-state index < -0.39 is 15.6 Å². The molecule has 2 saturated carbocycles. The van der Waals surface area contributed by atoms with Gasteiger partial charge < -0.3 is 10.1 Å². The predicted octanol–water partition coefficient (Wildman–Crippen LogP) is 1.64. The maximum Gasteiger partial charge on any atom is 0.209 e. The first-order valence-corrected chi connectivity index (χ1v) is 9.92. The Morgan fingerprint density at radius 1 is 1.29 bits per heavy atom. The molecule has 2 fully saturated rings. The monoisotopic (exact) mass is 318 g/mol. The Morgan fingerprint density at radius 2 is 1.90 bits per heavy atom. The molecule has 2 aliphatic rings. The van der Waals surface area contributed by atoms with Crippen LogP contribution >= 0.6 is 0 Å². The fourth-order valence-electron chi connectivity index (χ4n) is 4.09. The lowest BCUT2D eigenvalue weighted by molar-refractivity contribution is -0.130. The number of ether oxygens (including phenoxy) is 1. The molecule has 2 atom stereocenters. The second-order valence-corrected chi connectivity index (χ2v) is 9.06. The normalized spacial score (nSPS) is 28.8. The summed E-state index contributed by atoms with van der Waals surface area (Å²) in [5.41, 5.74) is -0.179. The van der Waals surface area contributed by atoms with Crippen LogP contribution in [0.5, 0.6) is 0 Å². The van der Waals surface area contributed by atoms with Crippen molar-refractivity contribution in [1.29, 1.82) is 0 Å². The van der Waals surface area contributed by atoms with Crippen LogP contribution in [0.1, 0.15) is 52.9 Å². The summed E-state index contributed by atoms with van der Waals surface area (Å²) >= 11 is 0. The lowest BCUT2D eigenvalue weighted by atomic mass is 9.60. The maximum absolute atomic E-state index is 11.4. The first-order chi connectivity index (χ1) is 9.69. The number of nitrogens with one attached hydrogen (secondary N) is 2. The van der Waals surface area contributed by atoms with Gasteiger partial charge in [-0.3, -0.25) is 0 Å². The van der Waals surface area contributed by atoms with Gasteiger partial charge in [0, 0.05) is 30.1 Å². The van der Waals surface area contributed by atoms with Crippen molar-refractivity contribution in [2.75, 3.05) is 19.4 Å². The standard InChI is InChI=1S/C15H30N2O3S/c1-5-20-13-10-12(15(13)8-6-7-9-15)16-11-14(2,3)17-21(4,18)19/h12-13,16-17H,5-11H2,1-4H3. The van der Waals surface area contributed by atoms with Gasteiger partial charge in [0.2, 0.25) is 10.0 Å². The molecule has 124 valence electrons. The van der Waals surface area contributed by atoms with Crippen LogP contribution in [0.25, 0.3) is 0 Å². The van der Waals surface area contributed by atoms with Gasteiger partial charge in [0.15, 0.2) is 0 Å². The SMILES string of the molecule is CCOC1CC(NCC(C)(C)NS(C)(=O)=O)C12CCCC2. The summed E-state index contributed by atoms with van der Waals surface area (Å²) in [4.78, 5) is 0. The first kappa shape index (κ1) is 17.2. The molecular formula is C15H30N2O3S. The molecule has 0 heterocycles. The third kappa shape index (κ3) is 3.97. The molecule has 0 aliphatic heterocycles. The van der Waals surface area contributed by atoms with Crippen LogP contribution < -0.4 is 10.0 Å². The van der Waals surface area contributed by atoms with Gasteiger partial charge in [0.1, 0.15) is 0 Å². The number of sulfonamides is 1. The topological polar surface area (TPSA) is 67.4 Å². The van der Waals surface area contributed by atoms with E-state index in [0.717, 1.165) is 13.0 Å². The van der Waals surface area contributed by atoms with E-state index in [1.54, 1.807) is 0 Å². The van der Waals surface area contributed by atoms with Gasteiger partial charge in [0.05, 0.1) is 12.4 Å². The Morgan fingerprint density at radius 3 is 2.43 bits per heavy atom. The molecule has 5 nitrogen and oxygen atoms in total. The molecule has 1 spiro atoms. The lowest BCUT2D eigenvalue weighted by Crippen LogP contribution is -2.65. The van der Waals surface area contributed by atoms with E-state index in [1.165, 1.54) is 31.9 Å². The molecule has 0 aromatic rings. The van der Waals surface area contributed by atoms with Gasteiger partial charge in [-0.05, 0) is 40.0 Å². The molecule has 6 heteroatoms. The average molecular weight is 318 g/mol. The molecule has 0 aromatic carbocycles. The van der Waals surface area contributed by atoms with Crippen molar-refractivity contribution < 1.29 is 13.2 Å². The quantitative estimate of drug-likeness (QED) is 0.749. The number of hydrogen-bond acceptors (Lipinski definition) is 4. The van der Waals surface area contributed by atoms with Crippen molar-refractivity contribution in [2.45, 2.75) is 70.6 Å². The highest BCUT2D eigenvalue weighted by Gasteiger charge is 2.56. The fourth-order valence-corrected chi connectivity index (χ4v) is 5.17. The van der Waals surface area contributed by atoms with Crippen LogP contribution in [0.3, 0.4) is 0 Å². The van der Waals surface area contributed by atoms with Crippen molar-refractivity contribution >= 4 is 10.0 Å². The van der Waals surface area contributed by atoms with Gasteiger partial charge in [0.25, 0.3) is 0 Å². The van der Waals surface area contributed by atoms with E-state index in [2.05, 4.69) is 17.0 Å². The Hall–Kier alpha value is -0.170. The molecule has 0 amide bonds. The zero-order valence-electron chi connectivity index (χ0n) is 13.7. The van der Waals surface area contributed by atoms with E-state index in [1.807, 2.05) is 13.8 Å². The minimum Gasteiger partial charge on any atom is -0.378 e. The maximum atomic E-state index is 11.4. The number of hydrogen-bond donors (Lipinski definition) is 2. The Bertz CT molecular complexity index is 456. The van der Waals surface area contributed by atoms with Crippen LogP contribution in [0.2, 0.25) is 0 Å². The van der Waals surface area contributed by atoms with E-state index in [4.69, 9.17) is 4.74 Å². The summed E-state index contributed by atoms with van der Waals surface area (Å²) < 4.78 is 31.4. The second-order valence-electron chi connectivity index (χ2n) is 7.31. The smallest absolute Gasteiger partial charge is 0.209 e. The van der Waals surface area contributed by atoms with Crippen LogP contribution in [0, 0.1) is 5.41 Å². The molecule has 0 radical (unpaired) electrons. The summed E-state index contributed by atoms with van der Waals surface area (Å²) in [7, 11) is -3.18. The summed E-state index contributed by atoms with van der Waals surface area (Å²) in [5, 5.41) is 3.60. The van der Waals surface area contributed by atoms with Crippen LogP contribution in [-0.2, 0) is 14.8 Å². The van der Waals surface area contributed by atoms with Crippen LogP contribution in [0.4, 0.5) is 0 Å². The fraction of sp³-hybridized carbons (Fsp3) is 1.00. The van der Waals surface area contributed by atoms with Gasteiger partial charge in [-0.15, -0.1) is 0 Å². The van der Waals surface area contributed by atoms with E-state index in [-0.39, 0.29) is 5.41 Å². The highest BCUT2D eigenvalue weighted by molar-refractivity contribution is 7.88. The molecule has 2 N–H and O–H groups in total. The Kier molecular flexibility index (Phi) is 5.03. The molecular weight excluding hydrogens is 288 g/mol. The van der Waals surface area contributed by atoms with E-state index in [9.17, 15) is 8.42 Å². The Balaban J connectivity index is 1.92. The van der Waals surface area contributed by atoms with Crippen molar-refractivity contribution in [3.05, 3.63) is 0 Å². The van der Waals surface area contributed by atoms with Crippen molar-refractivity contribution in [2.24, 2.45) is 5.41 Å². The van der Waals surface area contributed by atoms with E-state index in [0.29, 0.717) is 18.7 Å². The van der Waals surface area contributed by atoms with Crippen molar-refractivity contribution in [1.82, 2.24) is 10.0 Å². The Labute approximate surface area is 129 Å². The first-order valence-electron chi connectivity index (χ1n) is 8.02. The van der Waals surface area contributed by atoms with Crippen LogP contribution in [0.15, 0.2) is 0 Å². The summed E-state index contributed by atoms with van der Waals surface area (Å²) in [6.07, 6.45) is 7.67. The average Bonchev–Trinajstić information content (AvgIpc) is 2.81. The van der Waals surface area contributed by atoms with Gasteiger partial charge >= 0.3 is 0 Å². The predicted molar refractivity (Wildman–Crippen MR) is 84.8 cm³/mol. The van der Waals surface area contributed by atoms with Crippen molar-refractivity contribution in [3.8, 4) is 0 Å². The lowest BCUT2D eigenvalue weighted by Gasteiger charge is -2.55. The van der Waals surface area contributed by atoms with Crippen LogP contribution in [-0.4, -0.2) is 45.5 Å². The summed E-state index contributed by atoms with van der Waals surface area (Å²) in [5.74, 6) is 0. The third-order valence-corrected chi connectivity index (χ3v) is 5.86. The second kappa shape index (κ2) is 6.14. The number of rotatable bonds is 7. The molecule has 2 unspecified atom stereocenters. The molecule has 0 aromatic heterocycles. The molecule has 0 saturated heterocycles. The van der Waals surface area contributed by atoms with Gasteiger partial charge in [-0.2, -0.15) is 0 Å².